The molecule has 1 aromatic heterocycles. The lowest BCUT2D eigenvalue weighted by Crippen LogP contribution is -2.45. The molecule has 39 heavy (non-hydrogen) atoms. The van der Waals surface area contributed by atoms with Gasteiger partial charge in [-0.1, -0.05) is 33.3 Å². The van der Waals surface area contributed by atoms with Gasteiger partial charge < -0.3 is 24.8 Å². The number of aromatic nitrogens is 1. The zero-order valence-electron chi connectivity index (χ0n) is 23.7. The number of benzene rings is 1. The number of aryl methyl sites for hydroxylation is 1. The van der Waals surface area contributed by atoms with E-state index in [9.17, 15) is 24.9 Å². The predicted molar refractivity (Wildman–Crippen MR) is 149 cm³/mol. The zero-order valence-corrected chi connectivity index (χ0v) is 24.5. The molecule has 0 unspecified atom stereocenters. The van der Waals surface area contributed by atoms with E-state index in [0.29, 0.717) is 25.7 Å². The third kappa shape index (κ3) is 6.88. The number of Topliss-reactive ketones (excluding diaryl/α,β-unsaturated/α-hetero) is 1. The van der Waals surface area contributed by atoms with Crippen molar-refractivity contribution in [1.82, 2.24) is 4.98 Å². The predicted octanol–water partition coefficient (Wildman–Crippen LogP) is 4.65. The Balaban J connectivity index is 1.62. The molecule has 4 rings (SSSR count). The molecule has 2 saturated heterocycles. The number of fused-ring (bicyclic) bond motifs is 2. The van der Waals surface area contributed by atoms with Crippen LogP contribution in [0.3, 0.4) is 0 Å². The standard InChI is InChI=1S/C30H43NO7S/c1-17-7-6-11-30(5,36)12-10-23(19-8-9-24-22(13-19)31-18(2)39-24)38-26(34)15-25(33)29(3,4)28(35)21-14-20(16-32)37-27(17)21/h8-9,13,17,20-21,23,25,27,32-33,36H,6-7,10-12,14-16H2,1-5H3/t17-,20-,21+,23-,25-,27-,30+/m0/s1. The number of ether oxygens (including phenoxy) is 2. The first-order valence-corrected chi connectivity index (χ1v) is 14.9. The van der Waals surface area contributed by atoms with Crippen molar-refractivity contribution in [1.29, 1.82) is 0 Å². The van der Waals surface area contributed by atoms with Crippen LogP contribution in [0.5, 0.6) is 0 Å². The highest BCUT2D eigenvalue weighted by Gasteiger charge is 2.49. The van der Waals surface area contributed by atoms with Crippen LogP contribution in [0.15, 0.2) is 18.2 Å². The summed E-state index contributed by atoms with van der Waals surface area (Å²) in [4.78, 5) is 31.5. The van der Waals surface area contributed by atoms with Crippen molar-refractivity contribution in [2.24, 2.45) is 17.3 Å². The van der Waals surface area contributed by atoms with Crippen LogP contribution in [0.25, 0.3) is 10.2 Å². The van der Waals surface area contributed by atoms with Crippen LogP contribution in [0.4, 0.5) is 0 Å². The van der Waals surface area contributed by atoms with Crippen molar-refractivity contribution < 1.29 is 34.4 Å². The Labute approximate surface area is 234 Å². The molecule has 0 aliphatic carbocycles. The quantitative estimate of drug-likeness (QED) is 0.452. The molecule has 0 amide bonds. The van der Waals surface area contributed by atoms with Gasteiger partial charge in [0.2, 0.25) is 0 Å². The van der Waals surface area contributed by atoms with E-state index in [2.05, 4.69) is 4.98 Å². The van der Waals surface area contributed by atoms with E-state index < -0.39 is 41.2 Å². The number of esters is 1. The minimum atomic E-state index is -1.25. The molecule has 0 bridgehead atoms. The summed E-state index contributed by atoms with van der Waals surface area (Å²) in [6.45, 7) is 8.94. The molecule has 216 valence electrons. The summed E-state index contributed by atoms with van der Waals surface area (Å²) < 4.78 is 13.1. The van der Waals surface area contributed by atoms with E-state index in [1.807, 2.05) is 32.0 Å². The van der Waals surface area contributed by atoms with Gasteiger partial charge in [0, 0.05) is 5.92 Å². The fraction of sp³-hybridized carbons (Fsp3) is 0.700. The van der Waals surface area contributed by atoms with Gasteiger partial charge in [-0.2, -0.15) is 0 Å². The first-order valence-electron chi connectivity index (χ1n) is 14.1. The van der Waals surface area contributed by atoms with E-state index in [-0.39, 0.29) is 30.8 Å². The number of carbonyl (C=O) groups excluding carboxylic acids is 2. The number of ketones is 1. The number of aliphatic hydroxyl groups is 3. The highest BCUT2D eigenvalue weighted by molar-refractivity contribution is 7.18. The van der Waals surface area contributed by atoms with Crippen LogP contribution in [0, 0.1) is 24.2 Å². The third-order valence-electron chi connectivity index (χ3n) is 8.68. The van der Waals surface area contributed by atoms with Gasteiger partial charge in [0.15, 0.2) is 0 Å². The van der Waals surface area contributed by atoms with Gasteiger partial charge in [0.05, 0.1) is 57.6 Å². The Hall–Kier alpha value is -1.91. The summed E-state index contributed by atoms with van der Waals surface area (Å²) >= 11 is 1.60. The molecule has 3 heterocycles. The first-order chi connectivity index (χ1) is 18.3. The fourth-order valence-corrected chi connectivity index (χ4v) is 6.85. The van der Waals surface area contributed by atoms with Crippen LogP contribution in [-0.2, 0) is 19.1 Å². The van der Waals surface area contributed by atoms with Crippen LogP contribution < -0.4 is 0 Å². The van der Waals surface area contributed by atoms with Gasteiger partial charge in [-0.25, -0.2) is 4.98 Å². The molecule has 9 heteroatoms. The van der Waals surface area contributed by atoms with E-state index in [4.69, 9.17) is 9.47 Å². The van der Waals surface area contributed by atoms with Gasteiger partial charge in [0.1, 0.15) is 11.9 Å². The van der Waals surface area contributed by atoms with Gasteiger partial charge >= 0.3 is 5.97 Å². The van der Waals surface area contributed by atoms with Crippen LogP contribution in [0.2, 0.25) is 0 Å². The van der Waals surface area contributed by atoms with E-state index in [1.165, 1.54) is 0 Å². The van der Waals surface area contributed by atoms with Gasteiger partial charge in [-0.05, 0) is 69.6 Å². The summed E-state index contributed by atoms with van der Waals surface area (Å²) in [6.07, 6.45) is 0.235. The molecule has 2 aromatic rings. The Kier molecular flexibility index (Phi) is 9.18. The summed E-state index contributed by atoms with van der Waals surface area (Å²) in [7, 11) is 0. The highest BCUT2D eigenvalue weighted by atomic mass is 32.1. The summed E-state index contributed by atoms with van der Waals surface area (Å²) in [5, 5.41) is 33.0. The van der Waals surface area contributed by atoms with Crippen molar-refractivity contribution in [3.8, 4) is 0 Å². The van der Waals surface area contributed by atoms with E-state index >= 15 is 0 Å². The Morgan fingerprint density at radius 2 is 1.90 bits per heavy atom. The molecule has 7 atom stereocenters. The number of hydrogen-bond acceptors (Lipinski definition) is 9. The van der Waals surface area contributed by atoms with Crippen LogP contribution in [0.1, 0.15) is 89.3 Å². The average molecular weight is 562 g/mol. The second-order valence-corrected chi connectivity index (χ2v) is 13.6. The maximum absolute atomic E-state index is 13.8. The Morgan fingerprint density at radius 3 is 2.62 bits per heavy atom. The Morgan fingerprint density at radius 1 is 1.15 bits per heavy atom. The van der Waals surface area contributed by atoms with Crippen LogP contribution in [-0.4, -0.2) is 62.6 Å². The summed E-state index contributed by atoms with van der Waals surface area (Å²) in [5.74, 6) is -1.24. The second kappa shape index (κ2) is 11.9. The molecule has 8 nitrogen and oxygen atoms in total. The molecule has 2 aliphatic heterocycles. The molecule has 2 fully saturated rings. The zero-order chi connectivity index (χ0) is 28.5. The fourth-order valence-electron chi connectivity index (χ4n) is 6.05. The number of carbonyl (C=O) groups is 2. The lowest BCUT2D eigenvalue weighted by atomic mass is 9.71. The molecule has 2 aliphatic rings. The average Bonchev–Trinajstić information content (AvgIpc) is 3.47. The maximum Gasteiger partial charge on any atom is 0.309 e. The van der Waals surface area contributed by atoms with Gasteiger partial charge in [-0.3, -0.25) is 9.59 Å². The molecular weight excluding hydrogens is 518 g/mol. The number of rotatable bonds is 2. The number of hydrogen-bond donors (Lipinski definition) is 3. The molecule has 0 saturated carbocycles. The maximum atomic E-state index is 13.8. The summed E-state index contributed by atoms with van der Waals surface area (Å²) in [6, 6.07) is 5.82. The van der Waals surface area contributed by atoms with Crippen molar-refractivity contribution in [3.63, 3.8) is 0 Å². The molecule has 3 N–H and O–H groups in total. The van der Waals surface area contributed by atoms with Crippen molar-refractivity contribution in [3.05, 3.63) is 28.8 Å². The third-order valence-corrected chi connectivity index (χ3v) is 9.63. The van der Waals surface area contributed by atoms with E-state index in [0.717, 1.165) is 33.6 Å². The summed E-state index contributed by atoms with van der Waals surface area (Å²) in [5.41, 5.74) is -0.551. The second-order valence-electron chi connectivity index (χ2n) is 12.4. The Bertz CT molecular complexity index is 1180. The number of nitrogens with zero attached hydrogens (tertiary/aromatic N) is 1. The van der Waals surface area contributed by atoms with Gasteiger partial charge in [-0.15, -0.1) is 11.3 Å². The lowest BCUT2D eigenvalue weighted by molar-refractivity contribution is -0.156. The molecule has 1 aromatic carbocycles. The normalized spacial score (nSPS) is 35.1. The van der Waals surface area contributed by atoms with Crippen molar-refractivity contribution >= 4 is 33.3 Å². The van der Waals surface area contributed by atoms with E-state index in [1.54, 1.807) is 32.1 Å². The molecule has 0 spiro atoms. The minimum absolute atomic E-state index is 0.0261. The first kappa shape index (κ1) is 30.1. The number of thiazole rings is 1. The topological polar surface area (TPSA) is 126 Å². The SMILES string of the molecule is Cc1nc2cc([C@@H]3CC[C@](C)(O)CCC[C@H](C)[C@@H]4O[C@H](CO)C[C@H]4C(=O)C(C)(C)[C@@H](O)CC(=O)O3)ccc2s1. The van der Waals surface area contributed by atoms with Crippen LogP contribution >= 0.6 is 11.3 Å². The lowest BCUT2D eigenvalue weighted by Gasteiger charge is -2.35. The number of cyclic esters (lactones) is 1. The van der Waals surface area contributed by atoms with Crippen molar-refractivity contribution in [2.45, 2.75) is 110 Å². The minimum Gasteiger partial charge on any atom is -0.457 e. The molecular formula is C30H43NO7S. The monoisotopic (exact) mass is 561 g/mol. The van der Waals surface area contributed by atoms with Gasteiger partial charge in [0.25, 0.3) is 0 Å². The molecule has 0 radical (unpaired) electrons. The smallest absolute Gasteiger partial charge is 0.309 e. The largest absolute Gasteiger partial charge is 0.457 e. The van der Waals surface area contributed by atoms with Crippen molar-refractivity contribution in [2.75, 3.05) is 6.61 Å². The highest BCUT2D eigenvalue weighted by Crippen LogP contribution is 2.41. The number of aliphatic hydroxyl groups excluding tert-OH is 2.